The maximum Gasteiger partial charge on any atom is 0.306 e. The zero-order valence-electron chi connectivity index (χ0n) is 18.1. The van der Waals surface area contributed by atoms with Crippen LogP contribution < -0.4 is 0 Å². The Morgan fingerprint density at radius 3 is 1.96 bits per heavy atom. The van der Waals surface area contributed by atoms with Crippen LogP contribution in [0, 0.1) is 10.1 Å². The van der Waals surface area contributed by atoms with Crippen LogP contribution in [0.25, 0.3) is 0 Å². The Kier molecular flexibility index (Phi) is 14.8. The van der Waals surface area contributed by atoms with Gasteiger partial charge in [-0.25, -0.2) is 0 Å². The summed E-state index contributed by atoms with van der Waals surface area (Å²) in [5, 5.41) is 11.1. The number of hydrogen-bond acceptors (Lipinski definition) is 4. The summed E-state index contributed by atoms with van der Waals surface area (Å²) >= 11 is 0. The highest BCUT2D eigenvalue weighted by atomic mass is 16.6. The molecule has 0 N–H and O–H groups in total. The third-order valence-electron chi connectivity index (χ3n) is 4.41. The normalized spacial score (nSPS) is 12.2. The van der Waals surface area contributed by atoms with Crippen molar-refractivity contribution in [3.05, 3.63) is 21.9 Å². The van der Waals surface area contributed by atoms with Gasteiger partial charge in [0, 0.05) is 12.8 Å². The van der Waals surface area contributed by atoms with Crippen molar-refractivity contribution in [1.82, 2.24) is 0 Å². The molecule has 0 radical (unpaired) electrons. The second kappa shape index (κ2) is 15.6. The van der Waals surface area contributed by atoms with E-state index in [0.29, 0.717) is 18.5 Å². The Bertz CT molecular complexity index is 438. The van der Waals surface area contributed by atoms with Crippen LogP contribution in [-0.2, 0) is 9.53 Å². The number of rotatable bonds is 16. The van der Waals surface area contributed by atoms with Gasteiger partial charge in [-0.05, 0) is 52.5 Å². The van der Waals surface area contributed by atoms with Gasteiger partial charge in [0.15, 0.2) is 0 Å². The van der Waals surface area contributed by atoms with Crippen LogP contribution in [0.3, 0.4) is 0 Å². The Hall–Kier alpha value is -1.39. The van der Waals surface area contributed by atoms with Crippen LogP contribution in [-0.4, -0.2) is 16.5 Å². The van der Waals surface area contributed by atoms with Crippen LogP contribution in [0.4, 0.5) is 0 Å². The highest BCUT2D eigenvalue weighted by Crippen LogP contribution is 2.16. The van der Waals surface area contributed by atoms with E-state index < -0.39 is 5.60 Å². The summed E-state index contributed by atoms with van der Waals surface area (Å²) in [4.78, 5) is 22.5. The number of hydrogen-bond donors (Lipinski definition) is 0. The third-order valence-corrected chi connectivity index (χ3v) is 4.41. The largest absolute Gasteiger partial charge is 0.460 e. The predicted molar refractivity (Wildman–Crippen MR) is 111 cm³/mol. The summed E-state index contributed by atoms with van der Waals surface area (Å²) in [5.74, 6) is -0.143. The van der Waals surface area contributed by atoms with Crippen molar-refractivity contribution >= 4 is 5.97 Å². The van der Waals surface area contributed by atoms with Crippen LogP contribution in [0.5, 0.6) is 0 Å². The monoisotopic (exact) mass is 383 g/mol. The van der Waals surface area contributed by atoms with Crippen molar-refractivity contribution in [3.63, 3.8) is 0 Å². The molecule has 0 spiro atoms. The number of carbonyl (C=O) groups excluding carboxylic acids is 1. The van der Waals surface area contributed by atoms with Crippen molar-refractivity contribution in [1.29, 1.82) is 0 Å². The molecule has 0 fully saturated rings. The first-order chi connectivity index (χ1) is 12.8. The maximum absolute atomic E-state index is 11.6. The number of allylic oxidation sites excluding steroid dienone is 2. The fraction of sp³-hybridized carbons (Fsp3) is 0.864. The van der Waals surface area contributed by atoms with Gasteiger partial charge in [-0.2, -0.15) is 0 Å². The molecule has 0 aliphatic rings. The fourth-order valence-electron chi connectivity index (χ4n) is 2.96. The van der Waals surface area contributed by atoms with E-state index in [-0.39, 0.29) is 10.9 Å². The van der Waals surface area contributed by atoms with E-state index in [1.807, 2.05) is 26.8 Å². The number of nitrogens with zero attached hydrogens (tertiary/aromatic N) is 1. The SMILES string of the molecule is CCCCCCCC/C=C(\CCCCCCCC(=O)OC(C)(C)C)[N+](=O)[O-]. The smallest absolute Gasteiger partial charge is 0.306 e. The topological polar surface area (TPSA) is 69.4 Å². The highest BCUT2D eigenvalue weighted by molar-refractivity contribution is 5.69. The lowest BCUT2D eigenvalue weighted by Crippen LogP contribution is -2.23. The second-order valence-corrected chi connectivity index (χ2v) is 8.36. The van der Waals surface area contributed by atoms with Gasteiger partial charge in [0.1, 0.15) is 5.60 Å². The van der Waals surface area contributed by atoms with Crippen LogP contribution in [0.2, 0.25) is 0 Å². The second-order valence-electron chi connectivity index (χ2n) is 8.36. The number of esters is 1. The lowest BCUT2D eigenvalue weighted by atomic mass is 10.1. The van der Waals surface area contributed by atoms with Crippen molar-refractivity contribution in [3.8, 4) is 0 Å². The molecule has 5 nitrogen and oxygen atoms in total. The molecule has 158 valence electrons. The molecule has 0 aliphatic carbocycles. The minimum Gasteiger partial charge on any atom is -0.460 e. The van der Waals surface area contributed by atoms with Gasteiger partial charge in [-0.1, -0.05) is 58.3 Å². The van der Waals surface area contributed by atoms with E-state index in [1.54, 1.807) is 0 Å². The molecule has 0 aromatic carbocycles. The first kappa shape index (κ1) is 25.6. The molecule has 27 heavy (non-hydrogen) atoms. The highest BCUT2D eigenvalue weighted by Gasteiger charge is 2.15. The molecule has 0 saturated carbocycles. The first-order valence-electron chi connectivity index (χ1n) is 10.8. The van der Waals surface area contributed by atoms with Gasteiger partial charge in [0.05, 0.1) is 4.92 Å². The van der Waals surface area contributed by atoms with Gasteiger partial charge >= 0.3 is 5.97 Å². The number of carbonyl (C=O) groups is 1. The van der Waals surface area contributed by atoms with E-state index in [9.17, 15) is 14.9 Å². The average Bonchev–Trinajstić information content (AvgIpc) is 2.56. The average molecular weight is 384 g/mol. The van der Waals surface area contributed by atoms with E-state index in [2.05, 4.69) is 6.92 Å². The lowest BCUT2D eigenvalue weighted by molar-refractivity contribution is -0.428. The summed E-state index contributed by atoms with van der Waals surface area (Å²) in [6.45, 7) is 7.82. The molecule has 0 amide bonds. The summed E-state index contributed by atoms with van der Waals surface area (Å²) in [7, 11) is 0. The van der Waals surface area contributed by atoms with Crippen molar-refractivity contribution in [2.75, 3.05) is 0 Å². The molecular weight excluding hydrogens is 342 g/mol. The maximum atomic E-state index is 11.6. The van der Waals surface area contributed by atoms with E-state index >= 15 is 0 Å². The summed E-state index contributed by atoms with van der Waals surface area (Å²) in [6, 6.07) is 0. The van der Waals surface area contributed by atoms with Crippen LogP contribution >= 0.6 is 0 Å². The van der Waals surface area contributed by atoms with Crippen molar-refractivity contribution in [2.24, 2.45) is 0 Å². The van der Waals surface area contributed by atoms with E-state index in [0.717, 1.165) is 44.9 Å². The quantitative estimate of drug-likeness (QED) is 0.125. The van der Waals surface area contributed by atoms with Gasteiger partial charge in [-0.15, -0.1) is 0 Å². The molecule has 0 aromatic heterocycles. The Balaban J connectivity index is 3.77. The first-order valence-corrected chi connectivity index (χ1v) is 10.8. The standard InChI is InChI=1S/C22H41NO4/c1-5-6-7-8-9-11-14-17-20(23(25)26)18-15-12-10-13-16-19-21(24)27-22(2,3)4/h17H,5-16,18-19H2,1-4H3/b20-17+. The number of unbranched alkanes of at least 4 members (excludes halogenated alkanes) is 10. The molecule has 0 bridgehead atoms. The molecular formula is C22H41NO4. The molecule has 0 rings (SSSR count). The Morgan fingerprint density at radius 2 is 1.41 bits per heavy atom. The fourth-order valence-corrected chi connectivity index (χ4v) is 2.96. The van der Waals surface area contributed by atoms with Gasteiger partial charge in [0.2, 0.25) is 5.70 Å². The zero-order chi connectivity index (χ0) is 20.5. The lowest BCUT2D eigenvalue weighted by Gasteiger charge is -2.19. The Morgan fingerprint density at radius 1 is 0.889 bits per heavy atom. The summed E-state index contributed by atoms with van der Waals surface area (Å²) in [5.41, 5.74) is -0.0463. The zero-order valence-corrected chi connectivity index (χ0v) is 18.1. The number of ether oxygens (including phenoxy) is 1. The minimum atomic E-state index is -0.419. The van der Waals surface area contributed by atoms with Gasteiger partial charge in [0.25, 0.3) is 0 Å². The van der Waals surface area contributed by atoms with Crippen LogP contribution in [0.1, 0.15) is 118 Å². The molecule has 0 saturated heterocycles. The molecule has 0 unspecified atom stereocenters. The Labute approximate surface area is 166 Å². The summed E-state index contributed by atoms with van der Waals surface area (Å²) < 4.78 is 5.28. The van der Waals surface area contributed by atoms with Crippen molar-refractivity contribution in [2.45, 2.75) is 123 Å². The number of nitro groups is 1. The molecule has 0 aromatic rings. The molecule has 0 heterocycles. The van der Waals surface area contributed by atoms with E-state index in [4.69, 9.17) is 4.74 Å². The summed E-state index contributed by atoms with van der Waals surface area (Å²) in [6.07, 6.45) is 15.5. The predicted octanol–water partition coefficient (Wildman–Crippen LogP) is 6.97. The third kappa shape index (κ3) is 17.8. The molecule has 0 atom stereocenters. The van der Waals surface area contributed by atoms with Gasteiger partial charge < -0.3 is 4.74 Å². The minimum absolute atomic E-state index is 0.143. The molecule has 5 heteroatoms. The van der Waals surface area contributed by atoms with Crippen LogP contribution in [0.15, 0.2) is 11.8 Å². The molecule has 0 aliphatic heterocycles. The van der Waals surface area contributed by atoms with Gasteiger partial charge in [-0.3, -0.25) is 14.9 Å². The van der Waals surface area contributed by atoms with E-state index in [1.165, 1.54) is 32.1 Å². The van der Waals surface area contributed by atoms with Crippen molar-refractivity contribution < 1.29 is 14.5 Å².